The topological polar surface area (TPSA) is 72.6 Å². The average Bonchev–Trinajstić information content (AvgIpc) is 2.75. The van der Waals surface area contributed by atoms with Crippen molar-refractivity contribution in [3.05, 3.63) is 41.3 Å². The molecular formula is C15H17NO4S. The van der Waals surface area contributed by atoms with E-state index in [1.54, 1.807) is 24.3 Å². The summed E-state index contributed by atoms with van der Waals surface area (Å²) < 4.78 is 11.0. The number of ether oxygens (including phenoxy) is 1. The minimum Gasteiger partial charge on any atom is -0.493 e. The number of rotatable bonds is 7. The summed E-state index contributed by atoms with van der Waals surface area (Å²) in [6, 6.07) is 7.08. The molecule has 0 unspecified atom stereocenters. The Kier molecular flexibility index (Phi) is 5.27. The SMILES string of the molecule is Cc1nc(SCCOc2ccc(CC(=O)O)cc2)oc1C. The number of carboxylic acids is 1. The van der Waals surface area contributed by atoms with Crippen molar-refractivity contribution in [2.24, 2.45) is 0 Å². The van der Waals surface area contributed by atoms with Gasteiger partial charge in [-0.15, -0.1) is 0 Å². The lowest BCUT2D eigenvalue weighted by molar-refractivity contribution is -0.136. The second-order valence-corrected chi connectivity index (χ2v) is 5.58. The van der Waals surface area contributed by atoms with Gasteiger partial charge in [-0.3, -0.25) is 4.79 Å². The van der Waals surface area contributed by atoms with E-state index in [0.717, 1.165) is 28.5 Å². The van der Waals surface area contributed by atoms with Crippen molar-refractivity contribution < 1.29 is 19.1 Å². The summed E-state index contributed by atoms with van der Waals surface area (Å²) in [5.74, 6) is 1.46. The van der Waals surface area contributed by atoms with Crippen LogP contribution in [-0.4, -0.2) is 28.4 Å². The molecule has 0 saturated carbocycles. The Morgan fingerprint density at radius 2 is 2.05 bits per heavy atom. The number of hydrogen-bond acceptors (Lipinski definition) is 5. The predicted molar refractivity (Wildman–Crippen MR) is 80.0 cm³/mol. The van der Waals surface area contributed by atoms with Crippen LogP contribution in [0.4, 0.5) is 0 Å². The van der Waals surface area contributed by atoms with E-state index in [9.17, 15) is 4.79 Å². The predicted octanol–water partition coefficient (Wildman–Crippen LogP) is 3.09. The maximum absolute atomic E-state index is 10.6. The lowest BCUT2D eigenvalue weighted by atomic mass is 10.1. The molecule has 1 aromatic heterocycles. The van der Waals surface area contributed by atoms with Crippen LogP contribution in [0, 0.1) is 13.8 Å². The van der Waals surface area contributed by atoms with Gasteiger partial charge in [-0.1, -0.05) is 23.9 Å². The van der Waals surface area contributed by atoms with E-state index in [1.165, 1.54) is 11.8 Å². The first kappa shape index (κ1) is 15.4. The lowest BCUT2D eigenvalue weighted by Gasteiger charge is -2.05. The van der Waals surface area contributed by atoms with Crippen molar-refractivity contribution >= 4 is 17.7 Å². The van der Waals surface area contributed by atoms with Gasteiger partial charge < -0.3 is 14.3 Å². The number of aromatic nitrogens is 1. The Morgan fingerprint density at radius 3 is 2.62 bits per heavy atom. The molecule has 2 rings (SSSR count). The van der Waals surface area contributed by atoms with Crippen molar-refractivity contribution in [1.29, 1.82) is 0 Å². The molecule has 21 heavy (non-hydrogen) atoms. The second-order valence-electron chi connectivity index (χ2n) is 4.53. The molecular weight excluding hydrogens is 290 g/mol. The molecule has 2 aromatic rings. The van der Waals surface area contributed by atoms with Crippen LogP contribution in [0.1, 0.15) is 17.0 Å². The summed E-state index contributed by atoms with van der Waals surface area (Å²) in [5.41, 5.74) is 1.67. The van der Waals surface area contributed by atoms with Gasteiger partial charge in [0.1, 0.15) is 11.5 Å². The van der Waals surface area contributed by atoms with Gasteiger partial charge in [-0.25, -0.2) is 4.98 Å². The number of benzene rings is 1. The van der Waals surface area contributed by atoms with E-state index < -0.39 is 5.97 Å². The first-order valence-corrected chi connectivity index (χ1v) is 7.53. The summed E-state index contributed by atoms with van der Waals surface area (Å²) in [6.07, 6.45) is 0.0268. The highest BCUT2D eigenvalue weighted by atomic mass is 32.2. The highest BCUT2D eigenvalue weighted by molar-refractivity contribution is 7.99. The van der Waals surface area contributed by atoms with Gasteiger partial charge in [0, 0.05) is 5.75 Å². The number of thioether (sulfide) groups is 1. The number of hydrogen-bond donors (Lipinski definition) is 1. The van der Waals surface area contributed by atoms with Crippen molar-refractivity contribution in [2.45, 2.75) is 25.5 Å². The summed E-state index contributed by atoms with van der Waals surface area (Å²) in [5, 5.41) is 9.35. The van der Waals surface area contributed by atoms with Gasteiger partial charge in [-0.05, 0) is 31.5 Å². The Balaban J connectivity index is 1.74. The number of oxazole rings is 1. The van der Waals surface area contributed by atoms with Crippen LogP contribution in [0.2, 0.25) is 0 Å². The van der Waals surface area contributed by atoms with Gasteiger partial charge in [-0.2, -0.15) is 0 Å². The van der Waals surface area contributed by atoms with Crippen LogP contribution >= 0.6 is 11.8 Å². The normalized spacial score (nSPS) is 10.6. The molecule has 1 aromatic carbocycles. The zero-order valence-corrected chi connectivity index (χ0v) is 12.8. The number of carboxylic acid groups (broad SMARTS) is 1. The first-order valence-electron chi connectivity index (χ1n) is 6.55. The molecule has 0 fully saturated rings. The minimum absolute atomic E-state index is 0.0268. The monoisotopic (exact) mass is 307 g/mol. The third-order valence-electron chi connectivity index (χ3n) is 2.87. The molecule has 1 N–H and O–H groups in total. The number of carbonyl (C=O) groups is 1. The van der Waals surface area contributed by atoms with E-state index in [-0.39, 0.29) is 6.42 Å². The molecule has 112 valence electrons. The molecule has 0 bridgehead atoms. The molecule has 5 nitrogen and oxygen atoms in total. The molecule has 0 radical (unpaired) electrons. The van der Waals surface area contributed by atoms with Crippen molar-refractivity contribution in [3.8, 4) is 5.75 Å². The molecule has 1 heterocycles. The third-order valence-corrected chi connectivity index (χ3v) is 3.66. The van der Waals surface area contributed by atoms with E-state index in [2.05, 4.69) is 4.98 Å². The smallest absolute Gasteiger partial charge is 0.307 e. The van der Waals surface area contributed by atoms with Crippen LogP contribution in [0.3, 0.4) is 0 Å². The van der Waals surface area contributed by atoms with Crippen molar-refractivity contribution in [1.82, 2.24) is 4.98 Å². The fraction of sp³-hybridized carbons (Fsp3) is 0.333. The van der Waals surface area contributed by atoms with Crippen LogP contribution in [0.25, 0.3) is 0 Å². The van der Waals surface area contributed by atoms with Crippen LogP contribution < -0.4 is 4.74 Å². The lowest BCUT2D eigenvalue weighted by Crippen LogP contribution is -2.02. The third kappa shape index (κ3) is 4.82. The molecule has 0 aliphatic carbocycles. The molecule has 0 aliphatic heterocycles. The molecule has 0 aliphatic rings. The zero-order chi connectivity index (χ0) is 15.2. The molecule has 6 heteroatoms. The molecule has 0 spiro atoms. The Morgan fingerprint density at radius 1 is 1.33 bits per heavy atom. The Hall–Kier alpha value is -1.95. The largest absolute Gasteiger partial charge is 0.493 e. The van der Waals surface area contributed by atoms with Crippen LogP contribution in [0.15, 0.2) is 33.9 Å². The van der Waals surface area contributed by atoms with Gasteiger partial charge in [0.15, 0.2) is 0 Å². The quantitative estimate of drug-likeness (QED) is 0.626. The molecule has 0 amide bonds. The number of nitrogens with zero attached hydrogens (tertiary/aromatic N) is 1. The van der Waals surface area contributed by atoms with E-state index in [1.807, 2.05) is 13.8 Å². The fourth-order valence-corrected chi connectivity index (χ4v) is 2.40. The Bertz CT molecular complexity index is 587. The van der Waals surface area contributed by atoms with E-state index >= 15 is 0 Å². The standard InChI is InChI=1S/C15H17NO4S/c1-10-11(2)20-15(16-10)21-8-7-19-13-5-3-12(4-6-13)9-14(17)18/h3-6H,7-9H2,1-2H3,(H,17,18). The van der Waals surface area contributed by atoms with Gasteiger partial charge in [0.2, 0.25) is 0 Å². The zero-order valence-electron chi connectivity index (χ0n) is 12.0. The summed E-state index contributed by atoms with van der Waals surface area (Å²) in [4.78, 5) is 14.9. The summed E-state index contributed by atoms with van der Waals surface area (Å²) in [6.45, 7) is 4.34. The molecule has 0 atom stereocenters. The van der Waals surface area contributed by atoms with Crippen molar-refractivity contribution in [3.63, 3.8) is 0 Å². The van der Waals surface area contributed by atoms with Crippen LogP contribution in [0.5, 0.6) is 5.75 Å². The average molecular weight is 307 g/mol. The highest BCUT2D eigenvalue weighted by Gasteiger charge is 2.06. The van der Waals surface area contributed by atoms with Crippen molar-refractivity contribution in [2.75, 3.05) is 12.4 Å². The first-order chi connectivity index (χ1) is 10.0. The minimum atomic E-state index is -0.836. The van der Waals surface area contributed by atoms with Gasteiger partial charge in [0.25, 0.3) is 5.22 Å². The fourth-order valence-electron chi connectivity index (χ4n) is 1.67. The maximum Gasteiger partial charge on any atom is 0.307 e. The summed E-state index contributed by atoms with van der Waals surface area (Å²) >= 11 is 1.51. The van der Waals surface area contributed by atoms with Gasteiger partial charge >= 0.3 is 5.97 Å². The van der Waals surface area contributed by atoms with E-state index in [4.69, 9.17) is 14.3 Å². The highest BCUT2D eigenvalue weighted by Crippen LogP contribution is 2.20. The van der Waals surface area contributed by atoms with Gasteiger partial charge in [0.05, 0.1) is 18.7 Å². The molecule has 0 saturated heterocycles. The van der Waals surface area contributed by atoms with E-state index in [0.29, 0.717) is 11.8 Å². The summed E-state index contributed by atoms with van der Waals surface area (Å²) in [7, 11) is 0. The second kappa shape index (κ2) is 7.17. The maximum atomic E-state index is 10.6. The Labute approximate surface area is 127 Å². The van der Waals surface area contributed by atoms with Crippen LogP contribution in [-0.2, 0) is 11.2 Å². The number of aliphatic carboxylic acids is 1. The number of aryl methyl sites for hydroxylation is 2.